The van der Waals surface area contributed by atoms with Gasteiger partial charge in [0.15, 0.2) is 0 Å². The Balaban J connectivity index is 1.51. The highest BCUT2D eigenvalue weighted by atomic mass is 19.1. The Morgan fingerprint density at radius 3 is 2.43 bits per heavy atom. The molecule has 1 N–H and O–H groups in total. The highest BCUT2D eigenvalue weighted by molar-refractivity contribution is 5.98. The number of carbonyl (C=O) groups is 2. The zero-order chi connectivity index (χ0) is 19.9. The molecule has 0 aromatic heterocycles. The van der Waals surface area contributed by atoms with Crippen molar-refractivity contribution in [3.8, 4) is 5.75 Å². The number of para-hydroxylation sites is 2. The molecule has 148 valence electrons. The molecule has 0 spiro atoms. The highest BCUT2D eigenvalue weighted by Crippen LogP contribution is 2.20. The first-order valence-electron chi connectivity index (χ1n) is 9.37. The van der Waals surface area contributed by atoms with Gasteiger partial charge < -0.3 is 19.9 Å². The SMILES string of the molecule is CCOc1ccccc1C(=O)NCC(=O)N1CCN(c2ccccc2F)CC1. The lowest BCUT2D eigenvalue weighted by Gasteiger charge is -2.36. The Hall–Kier alpha value is -3.09. The average molecular weight is 385 g/mol. The van der Waals surface area contributed by atoms with E-state index in [0.29, 0.717) is 49.8 Å². The molecule has 0 aliphatic carbocycles. The molecule has 2 amide bonds. The van der Waals surface area contributed by atoms with Crippen LogP contribution in [-0.2, 0) is 4.79 Å². The van der Waals surface area contributed by atoms with E-state index in [4.69, 9.17) is 4.74 Å². The molecule has 6 nitrogen and oxygen atoms in total. The van der Waals surface area contributed by atoms with Crippen LogP contribution < -0.4 is 15.0 Å². The lowest BCUT2D eigenvalue weighted by molar-refractivity contribution is -0.130. The summed E-state index contributed by atoms with van der Waals surface area (Å²) >= 11 is 0. The maximum atomic E-state index is 13.9. The average Bonchev–Trinajstić information content (AvgIpc) is 2.73. The first kappa shape index (κ1) is 19.7. The van der Waals surface area contributed by atoms with Crippen molar-refractivity contribution in [3.63, 3.8) is 0 Å². The van der Waals surface area contributed by atoms with E-state index in [9.17, 15) is 14.0 Å². The molecule has 3 rings (SSSR count). The van der Waals surface area contributed by atoms with E-state index in [1.165, 1.54) is 6.07 Å². The molecule has 0 radical (unpaired) electrons. The summed E-state index contributed by atoms with van der Waals surface area (Å²) in [6.45, 7) is 4.28. The number of piperazine rings is 1. The molecule has 1 heterocycles. The number of anilines is 1. The number of benzene rings is 2. The van der Waals surface area contributed by atoms with Gasteiger partial charge in [-0.3, -0.25) is 9.59 Å². The van der Waals surface area contributed by atoms with E-state index in [2.05, 4.69) is 5.32 Å². The number of hydrogen-bond donors (Lipinski definition) is 1. The van der Waals surface area contributed by atoms with E-state index in [0.717, 1.165) is 0 Å². The van der Waals surface area contributed by atoms with Gasteiger partial charge in [-0.15, -0.1) is 0 Å². The van der Waals surface area contributed by atoms with Crippen molar-refractivity contribution in [2.75, 3.05) is 44.2 Å². The molecule has 28 heavy (non-hydrogen) atoms. The minimum absolute atomic E-state index is 0.0843. The standard InChI is InChI=1S/C21H24FN3O3/c1-2-28-19-10-6-3-7-16(19)21(27)23-15-20(26)25-13-11-24(12-14-25)18-9-5-4-8-17(18)22/h3-10H,2,11-15H2,1H3,(H,23,27). The molecule has 1 aliphatic heterocycles. The molecule has 1 saturated heterocycles. The third-order valence-electron chi connectivity index (χ3n) is 4.66. The van der Waals surface area contributed by atoms with Gasteiger partial charge in [-0.25, -0.2) is 4.39 Å². The van der Waals surface area contributed by atoms with Crippen LogP contribution in [0.15, 0.2) is 48.5 Å². The van der Waals surface area contributed by atoms with E-state index >= 15 is 0 Å². The number of carbonyl (C=O) groups excluding carboxylic acids is 2. The fourth-order valence-electron chi connectivity index (χ4n) is 3.20. The van der Waals surface area contributed by atoms with Crippen molar-refractivity contribution < 1.29 is 18.7 Å². The Labute approximate surface area is 163 Å². The van der Waals surface area contributed by atoms with Gasteiger partial charge in [-0.1, -0.05) is 24.3 Å². The minimum atomic E-state index is -0.345. The maximum Gasteiger partial charge on any atom is 0.255 e. The quantitative estimate of drug-likeness (QED) is 0.829. The summed E-state index contributed by atoms with van der Waals surface area (Å²) in [5, 5.41) is 2.66. The summed E-state index contributed by atoms with van der Waals surface area (Å²) in [5.41, 5.74) is 0.956. The molecule has 1 fully saturated rings. The molecular formula is C21H24FN3O3. The molecule has 0 atom stereocenters. The number of rotatable bonds is 6. The first-order valence-corrected chi connectivity index (χ1v) is 9.37. The largest absolute Gasteiger partial charge is 0.493 e. The van der Waals surface area contributed by atoms with Crippen LogP contribution in [0.1, 0.15) is 17.3 Å². The van der Waals surface area contributed by atoms with Crippen molar-refractivity contribution >= 4 is 17.5 Å². The second-order valence-corrected chi connectivity index (χ2v) is 6.43. The van der Waals surface area contributed by atoms with Crippen LogP contribution in [0.5, 0.6) is 5.75 Å². The lowest BCUT2D eigenvalue weighted by Crippen LogP contribution is -2.51. The summed E-state index contributed by atoms with van der Waals surface area (Å²) in [4.78, 5) is 28.4. The lowest BCUT2D eigenvalue weighted by atomic mass is 10.2. The summed E-state index contributed by atoms with van der Waals surface area (Å²) in [6, 6.07) is 13.6. The molecule has 7 heteroatoms. The van der Waals surface area contributed by atoms with Crippen LogP contribution in [0.2, 0.25) is 0 Å². The molecule has 2 aromatic rings. The summed E-state index contributed by atoms with van der Waals surface area (Å²) < 4.78 is 19.4. The van der Waals surface area contributed by atoms with Crippen LogP contribution in [0, 0.1) is 5.82 Å². The third kappa shape index (κ3) is 4.60. The second-order valence-electron chi connectivity index (χ2n) is 6.43. The predicted molar refractivity (Wildman–Crippen MR) is 105 cm³/mol. The van der Waals surface area contributed by atoms with Crippen LogP contribution in [0.4, 0.5) is 10.1 Å². The minimum Gasteiger partial charge on any atom is -0.493 e. The van der Waals surface area contributed by atoms with Crippen LogP contribution in [0.25, 0.3) is 0 Å². The molecule has 1 aliphatic rings. The van der Waals surface area contributed by atoms with Crippen molar-refractivity contribution in [3.05, 3.63) is 59.9 Å². The Bertz CT molecular complexity index is 835. The smallest absolute Gasteiger partial charge is 0.255 e. The molecular weight excluding hydrogens is 361 g/mol. The number of halogens is 1. The zero-order valence-electron chi connectivity index (χ0n) is 15.9. The number of nitrogens with zero attached hydrogens (tertiary/aromatic N) is 2. The van der Waals surface area contributed by atoms with E-state index < -0.39 is 0 Å². The van der Waals surface area contributed by atoms with Gasteiger partial charge in [0.05, 0.1) is 24.4 Å². The van der Waals surface area contributed by atoms with Crippen molar-refractivity contribution in [2.45, 2.75) is 6.92 Å². The van der Waals surface area contributed by atoms with Gasteiger partial charge in [0.1, 0.15) is 11.6 Å². The fourth-order valence-corrected chi connectivity index (χ4v) is 3.20. The van der Waals surface area contributed by atoms with E-state index in [1.807, 2.05) is 11.8 Å². The maximum absolute atomic E-state index is 13.9. The van der Waals surface area contributed by atoms with Gasteiger partial charge in [-0.05, 0) is 31.2 Å². The number of ether oxygens (including phenoxy) is 1. The van der Waals surface area contributed by atoms with Crippen LogP contribution in [-0.4, -0.2) is 56.0 Å². The van der Waals surface area contributed by atoms with E-state index in [-0.39, 0.29) is 24.2 Å². The van der Waals surface area contributed by atoms with Crippen molar-refractivity contribution in [1.29, 1.82) is 0 Å². The third-order valence-corrected chi connectivity index (χ3v) is 4.66. The highest BCUT2D eigenvalue weighted by Gasteiger charge is 2.23. The fraction of sp³-hybridized carbons (Fsp3) is 0.333. The molecule has 2 aromatic carbocycles. The number of amides is 2. The summed E-state index contributed by atoms with van der Waals surface area (Å²) in [6.07, 6.45) is 0. The van der Waals surface area contributed by atoms with Crippen LogP contribution >= 0.6 is 0 Å². The summed E-state index contributed by atoms with van der Waals surface area (Å²) in [7, 11) is 0. The molecule has 0 saturated carbocycles. The molecule has 0 unspecified atom stereocenters. The van der Waals surface area contributed by atoms with Crippen molar-refractivity contribution in [2.24, 2.45) is 0 Å². The molecule has 0 bridgehead atoms. The Morgan fingerprint density at radius 1 is 1.04 bits per heavy atom. The number of nitrogens with one attached hydrogen (secondary N) is 1. The predicted octanol–water partition coefficient (Wildman–Crippen LogP) is 2.30. The van der Waals surface area contributed by atoms with Crippen LogP contribution in [0.3, 0.4) is 0 Å². The second kappa shape index (κ2) is 9.21. The topological polar surface area (TPSA) is 61.9 Å². The van der Waals surface area contributed by atoms with Gasteiger partial charge in [0.25, 0.3) is 5.91 Å². The van der Waals surface area contributed by atoms with Crippen molar-refractivity contribution in [1.82, 2.24) is 10.2 Å². The Kier molecular flexibility index (Phi) is 6.47. The normalized spacial score (nSPS) is 13.9. The van der Waals surface area contributed by atoms with Gasteiger partial charge in [-0.2, -0.15) is 0 Å². The van der Waals surface area contributed by atoms with Gasteiger partial charge in [0, 0.05) is 26.2 Å². The van der Waals surface area contributed by atoms with Gasteiger partial charge >= 0.3 is 0 Å². The van der Waals surface area contributed by atoms with E-state index in [1.54, 1.807) is 47.4 Å². The number of hydrogen-bond acceptors (Lipinski definition) is 4. The Morgan fingerprint density at radius 2 is 1.71 bits per heavy atom. The summed E-state index contributed by atoms with van der Waals surface area (Å²) in [5.74, 6) is -0.270. The first-order chi connectivity index (χ1) is 13.6. The monoisotopic (exact) mass is 385 g/mol. The zero-order valence-corrected chi connectivity index (χ0v) is 15.9. The van der Waals surface area contributed by atoms with Gasteiger partial charge in [0.2, 0.25) is 5.91 Å².